The van der Waals surface area contributed by atoms with Crippen LogP contribution in [0.25, 0.3) is 10.4 Å². The van der Waals surface area contributed by atoms with E-state index in [4.69, 9.17) is 9.71 Å². The van der Waals surface area contributed by atoms with Crippen LogP contribution in [0.2, 0.25) is 0 Å². The van der Waals surface area contributed by atoms with Crippen molar-refractivity contribution in [1.82, 2.24) is 14.5 Å². The fourth-order valence-corrected chi connectivity index (χ4v) is 4.34. The van der Waals surface area contributed by atoms with Crippen LogP contribution >= 0.6 is 0 Å². The molecule has 162 valence electrons. The largest absolute Gasteiger partial charge is 0.378 e. The molecule has 0 aliphatic heterocycles. The van der Waals surface area contributed by atoms with Gasteiger partial charge in [0, 0.05) is 35.5 Å². The third-order valence-corrected chi connectivity index (χ3v) is 5.53. The zero-order valence-electron chi connectivity index (χ0n) is 16.6. The molecule has 0 bridgehead atoms. The molecule has 3 aromatic rings. The first kappa shape index (κ1) is 22.2. The van der Waals surface area contributed by atoms with E-state index in [9.17, 15) is 17.2 Å². The normalized spacial score (nSPS) is 11.4. The predicted octanol–water partition coefficient (Wildman–Crippen LogP) is 4.31. The van der Waals surface area contributed by atoms with E-state index in [1.165, 1.54) is 4.57 Å². The second-order valence-corrected chi connectivity index (χ2v) is 8.31. The van der Waals surface area contributed by atoms with Gasteiger partial charge in [-0.15, -0.1) is 0 Å². The van der Waals surface area contributed by atoms with E-state index in [1.807, 2.05) is 0 Å². The molecule has 0 spiro atoms. The molecule has 3 rings (SSSR count). The van der Waals surface area contributed by atoms with Crippen molar-refractivity contribution >= 4 is 10.1 Å². The minimum atomic E-state index is -4.56. The molecule has 0 amide bonds. The summed E-state index contributed by atoms with van der Waals surface area (Å²) in [4.78, 5) is 11.0. The third kappa shape index (κ3) is 5.16. The van der Waals surface area contributed by atoms with Gasteiger partial charge in [0.15, 0.2) is 5.03 Å². The van der Waals surface area contributed by atoms with Crippen LogP contribution in [-0.2, 0) is 23.2 Å². The monoisotopic (exact) mass is 448 g/mol. The summed E-state index contributed by atoms with van der Waals surface area (Å²) in [6, 6.07) is 5.50. The molecular weight excluding hydrogens is 430 g/mol. The number of pyridine rings is 1. The lowest BCUT2D eigenvalue weighted by atomic mass is 10.1. The maximum atomic E-state index is 13.5. The summed E-state index contributed by atoms with van der Waals surface area (Å²) in [5, 5.41) is 3.21. The Kier molecular flexibility index (Phi) is 6.52. The van der Waals surface area contributed by atoms with Crippen LogP contribution in [0.5, 0.6) is 5.75 Å². The van der Waals surface area contributed by atoms with Gasteiger partial charge in [0.25, 0.3) is 0 Å². The first-order valence-corrected chi connectivity index (χ1v) is 10.5. The molecule has 2 aromatic heterocycles. The molecule has 0 radical (unpaired) electrons. The van der Waals surface area contributed by atoms with Crippen LogP contribution in [-0.4, -0.2) is 23.0 Å². The number of hydrogen-bond acceptors (Lipinski definition) is 6. The highest BCUT2D eigenvalue weighted by Gasteiger charge is 2.31. The molecule has 0 aliphatic carbocycles. The van der Waals surface area contributed by atoms with Crippen molar-refractivity contribution in [1.29, 1.82) is 0 Å². The molecule has 0 N–H and O–H groups in total. The number of aromatic nitrogens is 3. The Bertz CT molecular complexity index is 1220. The fraction of sp³-hybridized carbons (Fsp3) is 0.263. The highest BCUT2D eigenvalue weighted by molar-refractivity contribution is 7.87. The topological polar surface area (TPSA) is 123 Å². The van der Waals surface area contributed by atoms with Gasteiger partial charge < -0.3 is 8.75 Å². The molecule has 9 nitrogen and oxygen atoms in total. The molecule has 12 heteroatoms. The Labute approximate surface area is 177 Å². The van der Waals surface area contributed by atoms with Crippen molar-refractivity contribution in [3.8, 4) is 5.75 Å². The molecule has 0 saturated carbocycles. The predicted molar refractivity (Wildman–Crippen MR) is 107 cm³/mol. The summed E-state index contributed by atoms with van der Waals surface area (Å²) in [5.41, 5.74) is 9.58. The van der Waals surface area contributed by atoms with E-state index in [0.717, 1.165) is 12.1 Å². The van der Waals surface area contributed by atoms with Gasteiger partial charge in [0.05, 0.1) is 18.8 Å². The number of hydrogen-bond donors (Lipinski definition) is 0. The molecule has 0 atom stereocenters. The maximum Gasteiger partial charge on any atom is 0.357 e. The molecular formula is C19H18F2N6O3S. The average molecular weight is 448 g/mol. The fourth-order valence-electron chi connectivity index (χ4n) is 2.93. The smallest absolute Gasteiger partial charge is 0.357 e. The van der Waals surface area contributed by atoms with Crippen LogP contribution in [0, 0.1) is 11.6 Å². The van der Waals surface area contributed by atoms with E-state index in [1.54, 1.807) is 38.4 Å². The Hall–Kier alpha value is -3.50. The molecule has 2 heterocycles. The lowest BCUT2D eigenvalue weighted by molar-refractivity contribution is 0.465. The minimum Gasteiger partial charge on any atom is -0.378 e. The van der Waals surface area contributed by atoms with E-state index < -0.39 is 27.5 Å². The summed E-state index contributed by atoms with van der Waals surface area (Å²) < 4.78 is 59.9. The van der Waals surface area contributed by atoms with E-state index in [0.29, 0.717) is 11.6 Å². The number of azide groups is 1. The van der Waals surface area contributed by atoms with Crippen molar-refractivity contribution in [3.05, 3.63) is 81.9 Å². The van der Waals surface area contributed by atoms with E-state index in [-0.39, 0.29) is 35.6 Å². The Morgan fingerprint density at radius 3 is 2.42 bits per heavy atom. The van der Waals surface area contributed by atoms with Crippen molar-refractivity contribution < 1.29 is 21.4 Å². The van der Waals surface area contributed by atoms with Gasteiger partial charge in [-0.25, -0.2) is 13.8 Å². The molecule has 0 saturated heterocycles. The van der Waals surface area contributed by atoms with Gasteiger partial charge in [-0.1, -0.05) is 19.0 Å². The zero-order chi connectivity index (χ0) is 22.6. The van der Waals surface area contributed by atoms with Crippen LogP contribution in [0.15, 0.2) is 52.9 Å². The first-order chi connectivity index (χ1) is 14.7. The zero-order valence-corrected chi connectivity index (χ0v) is 17.4. The summed E-state index contributed by atoms with van der Waals surface area (Å²) in [6.45, 7) is 3.33. The third-order valence-electron chi connectivity index (χ3n) is 4.22. The van der Waals surface area contributed by atoms with Crippen molar-refractivity contribution in [2.75, 3.05) is 0 Å². The maximum absolute atomic E-state index is 13.5. The molecule has 0 aliphatic rings. The van der Waals surface area contributed by atoms with Gasteiger partial charge in [0.2, 0.25) is 0 Å². The van der Waals surface area contributed by atoms with Gasteiger partial charge in [-0.3, -0.25) is 4.98 Å². The van der Waals surface area contributed by atoms with E-state index >= 15 is 0 Å². The highest BCUT2D eigenvalue weighted by atomic mass is 32.2. The van der Waals surface area contributed by atoms with Crippen molar-refractivity contribution in [2.24, 2.45) is 5.11 Å². The minimum absolute atomic E-state index is 0.0634. The summed E-state index contributed by atoms with van der Waals surface area (Å²) >= 11 is 0. The highest BCUT2D eigenvalue weighted by Crippen LogP contribution is 2.29. The van der Waals surface area contributed by atoms with Gasteiger partial charge in [-0.05, 0) is 29.1 Å². The number of imidazole rings is 1. The first-order valence-electron chi connectivity index (χ1n) is 9.11. The van der Waals surface area contributed by atoms with E-state index in [2.05, 4.69) is 20.0 Å². The second-order valence-electron chi connectivity index (χ2n) is 6.85. The summed E-state index contributed by atoms with van der Waals surface area (Å²) in [5.74, 6) is -2.63. The standard InChI is InChI=1S/C19H18F2N6O3S/c1-12(2)18-19(31(28,29)30-16-8-14(20)7-15(21)9-16)27(17(25-18)10-24-26-22)11-13-3-5-23-6-4-13/h3-9,12H,10-11H2,1-2H3. The van der Waals surface area contributed by atoms with Crippen molar-refractivity contribution in [3.63, 3.8) is 0 Å². The van der Waals surface area contributed by atoms with Crippen molar-refractivity contribution in [2.45, 2.75) is 37.9 Å². The second kappa shape index (κ2) is 9.11. The van der Waals surface area contributed by atoms with Crippen LogP contribution < -0.4 is 4.18 Å². The number of benzene rings is 1. The molecule has 0 unspecified atom stereocenters. The van der Waals surface area contributed by atoms with Crippen LogP contribution in [0.4, 0.5) is 8.78 Å². The Morgan fingerprint density at radius 1 is 1.19 bits per heavy atom. The summed E-state index contributed by atoms with van der Waals surface area (Å²) in [7, 11) is -4.56. The SMILES string of the molecule is CC(C)c1nc(CN=[N+]=[N-])n(Cc2ccncc2)c1S(=O)(=O)Oc1cc(F)cc(F)c1. The Morgan fingerprint density at radius 2 is 1.84 bits per heavy atom. The number of halogens is 2. The molecule has 31 heavy (non-hydrogen) atoms. The lowest BCUT2D eigenvalue weighted by Crippen LogP contribution is -2.19. The van der Waals surface area contributed by atoms with Gasteiger partial charge in [0.1, 0.15) is 23.2 Å². The molecule has 0 fully saturated rings. The Balaban J connectivity index is 2.17. The number of rotatable bonds is 8. The van der Waals surface area contributed by atoms with Crippen LogP contribution in [0.3, 0.4) is 0 Å². The van der Waals surface area contributed by atoms with Gasteiger partial charge >= 0.3 is 10.1 Å². The average Bonchev–Trinajstić information content (AvgIpc) is 3.05. The molecule has 1 aromatic carbocycles. The van der Waals surface area contributed by atoms with Crippen LogP contribution in [0.1, 0.15) is 36.8 Å². The quantitative estimate of drug-likeness (QED) is 0.220. The summed E-state index contributed by atoms with van der Waals surface area (Å²) in [6.07, 6.45) is 3.09. The number of nitrogens with zero attached hydrogens (tertiary/aromatic N) is 6. The lowest BCUT2D eigenvalue weighted by Gasteiger charge is -2.14. The van der Waals surface area contributed by atoms with Gasteiger partial charge in [-0.2, -0.15) is 8.42 Å².